The number of methoxy groups -OCH3 is 1. The van der Waals surface area contributed by atoms with Crippen LogP contribution in [0.15, 0.2) is 25.6 Å². The maximum absolute atomic E-state index is 10.7. The Morgan fingerprint density at radius 3 is 2.33 bits per heavy atom. The van der Waals surface area contributed by atoms with Crippen molar-refractivity contribution in [2.45, 2.75) is 12.8 Å². The van der Waals surface area contributed by atoms with E-state index >= 15 is 0 Å². The lowest BCUT2D eigenvalue weighted by Gasteiger charge is -2.05. The molecule has 1 aliphatic rings. The van der Waals surface area contributed by atoms with Crippen LogP contribution >= 0.6 is 0 Å². The molecule has 3 heteroatoms. The average molecular weight is 169 g/mol. The lowest BCUT2D eigenvalue weighted by molar-refractivity contribution is -0.125. The highest BCUT2D eigenvalue weighted by Gasteiger charge is 2.15. The molecule has 1 heterocycles. The highest BCUT2D eigenvalue weighted by Crippen LogP contribution is 2.08. The van der Waals surface area contributed by atoms with Crippen LogP contribution in [0.4, 0.5) is 0 Å². The molecule has 12 heavy (non-hydrogen) atoms. The summed E-state index contributed by atoms with van der Waals surface area (Å²) in [6.07, 6.45) is 4.66. The van der Waals surface area contributed by atoms with Crippen molar-refractivity contribution in [2.75, 3.05) is 13.7 Å². The molecule has 0 unspecified atom stereocenters. The standard InChI is InChI=1S/C6H9NO.C3H6O/c1-2-7-5-3-4-6(7)8;1-3-4-2/h2H,1,3-5H2;3H,1H2,2H3. The first kappa shape index (κ1) is 10.8. The number of nitrogens with zero attached hydrogens (tertiary/aromatic N) is 1. The van der Waals surface area contributed by atoms with Gasteiger partial charge in [-0.25, -0.2) is 0 Å². The maximum Gasteiger partial charge on any atom is 0.226 e. The molecule has 1 rings (SSSR count). The van der Waals surface area contributed by atoms with Crippen LogP contribution < -0.4 is 0 Å². The van der Waals surface area contributed by atoms with Crippen LogP contribution in [0.3, 0.4) is 0 Å². The van der Waals surface area contributed by atoms with Gasteiger partial charge in [0, 0.05) is 13.0 Å². The Labute approximate surface area is 73.3 Å². The third-order valence-electron chi connectivity index (χ3n) is 1.50. The average Bonchev–Trinajstić information content (AvgIpc) is 2.51. The summed E-state index contributed by atoms with van der Waals surface area (Å²) < 4.78 is 4.31. The van der Waals surface area contributed by atoms with Gasteiger partial charge in [0.2, 0.25) is 5.91 Å². The van der Waals surface area contributed by atoms with Gasteiger partial charge in [-0.05, 0) is 12.6 Å². The third kappa shape index (κ3) is 3.81. The van der Waals surface area contributed by atoms with Crippen LogP contribution in [0.2, 0.25) is 0 Å². The van der Waals surface area contributed by atoms with Gasteiger partial charge in [-0.3, -0.25) is 4.79 Å². The van der Waals surface area contributed by atoms with Crippen molar-refractivity contribution in [3.05, 3.63) is 25.6 Å². The molecule has 0 saturated carbocycles. The minimum Gasteiger partial charge on any atom is -0.505 e. The Bertz CT molecular complexity index is 166. The number of carbonyl (C=O) groups excluding carboxylic acids is 1. The van der Waals surface area contributed by atoms with Crippen LogP contribution in [0.25, 0.3) is 0 Å². The summed E-state index contributed by atoms with van der Waals surface area (Å²) in [7, 11) is 1.56. The van der Waals surface area contributed by atoms with Gasteiger partial charge in [-0.1, -0.05) is 13.2 Å². The largest absolute Gasteiger partial charge is 0.505 e. The first-order chi connectivity index (χ1) is 5.76. The number of amides is 1. The van der Waals surface area contributed by atoms with Crippen LogP contribution in [0.1, 0.15) is 12.8 Å². The lowest BCUT2D eigenvalue weighted by atomic mass is 10.4. The van der Waals surface area contributed by atoms with Crippen molar-refractivity contribution in [1.82, 2.24) is 4.90 Å². The van der Waals surface area contributed by atoms with E-state index in [1.165, 1.54) is 6.26 Å². The minimum absolute atomic E-state index is 0.208. The van der Waals surface area contributed by atoms with Crippen molar-refractivity contribution < 1.29 is 9.53 Å². The first-order valence-corrected chi connectivity index (χ1v) is 3.82. The van der Waals surface area contributed by atoms with E-state index in [9.17, 15) is 4.79 Å². The van der Waals surface area contributed by atoms with Crippen LogP contribution in [-0.2, 0) is 9.53 Å². The predicted octanol–water partition coefficient (Wildman–Crippen LogP) is 1.53. The molecule has 3 nitrogen and oxygen atoms in total. The molecule has 1 aliphatic heterocycles. The molecular weight excluding hydrogens is 154 g/mol. The number of hydrogen-bond donors (Lipinski definition) is 0. The number of ether oxygens (including phenoxy) is 1. The molecule has 68 valence electrons. The van der Waals surface area contributed by atoms with Gasteiger partial charge in [0.05, 0.1) is 13.4 Å². The second kappa shape index (κ2) is 6.46. The van der Waals surface area contributed by atoms with E-state index in [0.29, 0.717) is 6.42 Å². The minimum atomic E-state index is 0.208. The SMILES string of the molecule is C=CN1CCCC1=O.C=COC. The number of rotatable bonds is 2. The van der Waals surface area contributed by atoms with E-state index in [1.807, 2.05) is 0 Å². The van der Waals surface area contributed by atoms with Crippen molar-refractivity contribution in [3.63, 3.8) is 0 Å². The Morgan fingerprint density at radius 2 is 2.17 bits per heavy atom. The molecule has 0 aromatic carbocycles. The zero-order chi connectivity index (χ0) is 9.40. The van der Waals surface area contributed by atoms with E-state index in [1.54, 1.807) is 18.2 Å². The fraction of sp³-hybridized carbons (Fsp3) is 0.444. The van der Waals surface area contributed by atoms with Gasteiger partial charge in [0.15, 0.2) is 0 Å². The van der Waals surface area contributed by atoms with Gasteiger partial charge in [0.25, 0.3) is 0 Å². The fourth-order valence-electron chi connectivity index (χ4n) is 0.862. The molecule has 0 N–H and O–H groups in total. The van der Waals surface area contributed by atoms with Gasteiger partial charge in [0.1, 0.15) is 0 Å². The molecule has 0 radical (unpaired) electrons. The molecule has 1 amide bonds. The number of carbonyl (C=O) groups is 1. The van der Waals surface area contributed by atoms with E-state index in [-0.39, 0.29) is 5.91 Å². The summed E-state index contributed by atoms with van der Waals surface area (Å²) in [6.45, 7) is 7.62. The molecule has 0 bridgehead atoms. The van der Waals surface area contributed by atoms with Gasteiger partial charge >= 0.3 is 0 Å². The maximum atomic E-state index is 10.7. The molecule has 0 atom stereocenters. The van der Waals surface area contributed by atoms with Crippen molar-refractivity contribution in [3.8, 4) is 0 Å². The summed E-state index contributed by atoms with van der Waals surface area (Å²) in [4.78, 5) is 12.3. The normalized spacial score (nSPS) is 14.8. The number of hydrogen-bond acceptors (Lipinski definition) is 2. The van der Waals surface area contributed by atoms with Gasteiger partial charge in [-0.2, -0.15) is 0 Å². The van der Waals surface area contributed by atoms with E-state index in [0.717, 1.165) is 13.0 Å². The molecule has 1 fully saturated rings. The summed E-state index contributed by atoms with van der Waals surface area (Å²) in [5.41, 5.74) is 0. The van der Waals surface area contributed by atoms with Crippen LogP contribution in [-0.4, -0.2) is 24.5 Å². The number of likely N-dealkylation sites (tertiary alicyclic amines) is 1. The Balaban J connectivity index is 0.000000261. The molecule has 0 aromatic rings. The van der Waals surface area contributed by atoms with Crippen LogP contribution in [0, 0.1) is 0 Å². The zero-order valence-electron chi connectivity index (χ0n) is 7.45. The summed E-state index contributed by atoms with van der Waals surface area (Å²) in [5, 5.41) is 0. The van der Waals surface area contributed by atoms with Crippen molar-refractivity contribution >= 4 is 5.91 Å². The fourth-order valence-corrected chi connectivity index (χ4v) is 0.862. The Morgan fingerprint density at radius 1 is 1.58 bits per heavy atom. The van der Waals surface area contributed by atoms with Crippen molar-refractivity contribution in [2.24, 2.45) is 0 Å². The monoisotopic (exact) mass is 169 g/mol. The highest BCUT2D eigenvalue weighted by atomic mass is 16.5. The highest BCUT2D eigenvalue weighted by molar-refractivity contribution is 5.78. The van der Waals surface area contributed by atoms with Gasteiger partial charge in [-0.15, -0.1) is 0 Å². The van der Waals surface area contributed by atoms with E-state index in [2.05, 4.69) is 17.9 Å². The second-order valence-electron chi connectivity index (χ2n) is 2.28. The summed E-state index contributed by atoms with van der Waals surface area (Å²) in [5.74, 6) is 0.208. The zero-order valence-corrected chi connectivity index (χ0v) is 7.45. The van der Waals surface area contributed by atoms with E-state index < -0.39 is 0 Å². The molecule has 0 spiro atoms. The quantitative estimate of drug-likeness (QED) is 0.587. The summed E-state index contributed by atoms with van der Waals surface area (Å²) in [6, 6.07) is 0. The van der Waals surface area contributed by atoms with Crippen molar-refractivity contribution in [1.29, 1.82) is 0 Å². The molecule has 1 saturated heterocycles. The Kier molecular flexibility index (Phi) is 5.79. The van der Waals surface area contributed by atoms with Gasteiger partial charge < -0.3 is 9.64 Å². The Hall–Kier alpha value is -1.25. The van der Waals surface area contributed by atoms with E-state index in [4.69, 9.17) is 0 Å². The molecule has 0 aliphatic carbocycles. The molecule has 0 aromatic heterocycles. The predicted molar refractivity (Wildman–Crippen MR) is 48.4 cm³/mol. The lowest BCUT2D eigenvalue weighted by Crippen LogP contribution is -2.16. The smallest absolute Gasteiger partial charge is 0.226 e. The third-order valence-corrected chi connectivity index (χ3v) is 1.50. The summed E-state index contributed by atoms with van der Waals surface area (Å²) >= 11 is 0. The topological polar surface area (TPSA) is 29.5 Å². The molecular formula is C9H15NO2. The first-order valence-electron chi connectivity index (χ1n) is 3.82. The second-order valence-corrected chi connectivity index (χ2v) is 2.28. The van der Waals surface area contributed by atoms with Crippen LogP contribution in [0.5, 0.6) is 0 Å².